The zero-order valence-electron chi connectivity index (χ0n) is 13.4. The smallest absolute Gasteiger partial charge is 0.244 e. The van der Waals surface area contributed by atoms with Crippen molar-refractivity contribution in [1.82, 2.24) is 4.31 Å². The summed E-state index contributed by atoms with van der Waals surface area (Å²) in [5.74, 6) is 0.517. The number of unbranched alkanes of at least 4 members (excludes halogenated alkanes) is 1. The van der Waals surface area contributed by atoms with E-state index in [0.717, 1.165) is 32.1 Å². The third-order valence-electron chi connectivity index (χ3n) is 4.64. The molecule has 1 saturated heterocycles. The van der Waals surface area contributed by atoms with E-state index in [1.54, 1.807) is 28.6 Å². The fourth-order valence-electron chi connectivity index (χ4n) is 3.14. The minimum absolute atomic E-state index is 0.00781. The summed E-state index contributed by atoms with van der Waals surface area (Å²) >= 11 is 6.12. The summed E-state index contributed by atoms with van der Waals surface area (Å²) in [6.07, 6.45) is 5.37. The van der Waals surface area contributed by atoms with E-state index in [-0.39, 0.29) is 22.1 Å². The highest BCUT2D eigenvalue weighted by Crippen LogP contribution is 2.38. The van der Waals surface area contributed by atoms with Gasteiger partial charge in [0.15, 0.2) is 0 Å². The van der Waals surface area contributed by atoms with Crippen molar-refractivity contribution in [2.24, 2.45) is 5.92 Å². The van der Waals surface area contributed by atoms with Crippen molar-refractivity contribution in [3.05, 3.63) is 29.3 Å². The Kier molecular flexibility index (Phi) is 5.31. The Hall–Kier alpha value is -0.620. The van der Waals surface area contributed by atoms with Crippen LogP contribution in [0.15, 0.2) is 29.2 Å². The molecule has 4 nitrogen and oxygen atoms in total. The molecular formula is C17H24ClNO3S. The molecule has 1 heterocycles. The van der Waals surface area contributed by atoms with Crippen molar-refractivity contribution in [3.63, 3.8) is 0 Å². The number of benzene rings is 1. The first-order chi connectivity index (χ1) is 11.0. The normalized spacial score (nSPS) is 26.3. The van der Waals surface area contributed by atoms with Crippen LogP contribution in [0.25, 0.3) is 0 Å². The van der Waals surface area contributed by atoms with E-state index in [9.17, 15) is 8.42 Å². The number of ether oxygens (including phenoxy) is 1. The number of hydrogen-bond acceptors (Lipinski definition) is 3. The van der Waals surface area contributed by atoms with E-state index in [4.69, 9.17) is 16.3 Å². The van der Waals surface area contributed by atoms with Gasteiger partial charge in [0.25, 0.3) is 0 Å². The van der Waals surface area contributed by atoms with Gasteiger partial charge in [-0.2, -0.15) is 4.31 Å². The molecule has 1 aliphatic heterocycles. The van der Waals surface area contributed by atoms with Crippen LogP contribution < -0.4 is 0 Å². The molecule has 1 saturated carbocycles. The standard InChI is InChI=1S/C17H24ClNO3S/c1-2-3-6-14-11-19(12-16(22-14)13-9-10-13)23(20,21)17-8-5-4-7-15(17)18/h4-5,7-8,13-14,16H,2-3,6,9-12H2,1H3/t14-,16-/m1/s1. The Labute approximate surface area is 143 Å². The first-order valence-electron chi connectivity index (χ1n) is 8.42. The molecule has 1 aromatic carbocycles. The van der Waals surface area contributed by atoms with Gasteiger partial charge in [0.2, 0.25) is 10.0 Å². The van der Waals surface area contributed by atoms with Crippen molar-refractivity contribution in [2.45, 2.75) is 56.1 Å². The molecule has 0 radical (unpaired) electrons. The van der Waals surface area contributed by atoms with E-state index < -0.39 is 10.0 Å². The molecule has 23 heavy (non-hydrogen) atoms. The first-order valence-corrected chi connectivity index (χ1v) is 10.2. The summed E-state index contributed by atoms with van der Waals surface area (Å²) in [7, 11) is -3.57. The Morgan fingerprint density at radius 1 is 1.26 bits per heavy atom. The molecule has 0 bridgehead atoms. The molecule has 0 amide bonds. The fourth-order valence-corrected chi connectivity index (χ4v) is 5.12. The summed E-state index contributed by atoms with van der Waals surface area (Å²) in [6, 6.07) is 6.67. The van der Waals surface area contributed by atoms with Crippen LogP contribution >= 0.6 is 11.6 Å². The van der Waals surface area contributed by atoms with Gasteiger partial charge in [-0.3, -0.25) is 0 Å². The van der Waals surface area contributed by atoms with Gasteiger partial charge in [0, 0.05) is 13.1 Å². The zero-order valence-corrected chi connectivity index (χ0v) is 15.0. The molecular weight excluding hydrogens is 334 g/mol. The number of sulfonamides is 1. The Bertz CT molecular complexity index is 645. The Balaban J connectivity index is 1.82. The molecule has 0 unspecified atom stereocenters. The van der Waals surface area contributed by atoms with Crippen molar-refractivity contribution in [1.29, 1.82) is 0 Å². The summed E-state index contributed by atoms with van der Waals surface area (Å²) in [4.78, 5) is 0.201. The molecule has 0 spiro atoms. The molecule has 2 aliphatic rings. The van der Waals surface area contributed by atoms with Crippen LogP contribution in [0.3, 0.4) is 0 Å². The molecule has 3 rings (SSSR count). The monoisotopic (exact) mass is 357 g/mol. The Morgan fingerprint density at radius 2 is 2.00 bits per heavy atom. The predicted molar refractivity (Wildman–Crippen MR) is 91.1 cm³/mol. The van der Waals surface area contributed by atoms with Crippen LogP contribution in [0.5, 0.6) is 0 Å². The second-order valence-corrected chi connectivity index (χ2v) is 8.84. The van der Waals surface area contributed by atoms with E-state index in [1.165, 1.54) is 0 Å². The fraction of sp³-hybridized carbons (Fsp3) is 0.647. The van der Waals surface area contributed by atoms with Gasteiger partial charge in [-0.05, 0) is 37.3 Å². The average molecular weight is 358 g/mol. The molecule has 1 aromatic rings. The third-order valence-corrected chi connectivity index (χ3v) is 6.97. The van der Waals surface area contributed by atoms with Gasteiger partial charge < -0.3 is 4.74 Å². The third kappa shape index (κ3) is 3.90. The van der Waals surface area contributed by atoms with Crippen LogP contribution in [-0.2, 0) is 14.8 Å². The summed E-state index contributed by atoms with van der Waals surface area (Å²) < 4.78 is 33.8. The highest BCUT2D eigenvalue weighted by molar-refractivity contribution is 7.89. The van der Waals surface area contributed by atoms with Crippen LogP contribution in [-0.4, -0.2) is 38.0 Å². The van der Waals surface area contributed by atoms with Gasteiger partial charge >= 0.3 is 0 Å². The average Bonchev–Trinajstić information content (AvgIpc) is 3.38. The van der Waals surface area contributed by atoms with Crippen molar-refractivity contribution in [3.8, 4) is 0 Å². The number of rotatable bonds is 6. The minimum atomic E-state index is -3.57. The van der Waals surface area contributed by atoms with E-state index in [2.05, 4.69) is 6.92 Å². The lowest BCUT2D eigenvalue weighted by Gasteiger charge is -2.37. The molecule has 1 aliphatic carbocycles. The van der Waals surface area contributed by atoms with E-state index >= 15 is 0 Å². The molecule has 0 aromatic heterocycles. The lowest BCUT2D eigenvalue weighted by molar-refractivity contribution is -0.0761. The molecule has 2 atom stereocenters. The first kappa shape index (κ1) is 17.2. The van der Waals surface area contributed by atoms with Crippen LogP contribution in [0.1, 0.15) is 39.0 Å². The SMILES string of the molecule is CCCC[C@@H]1CN(S(=O)(=O)c2ccccc2Cl)C[C@H](C2CC2)O1. The maximum Gasteiger partial charge on any atom is 0.244 e. The van der Waals surface area contributed by atoms with Crippen LogP contribution in [0.4, 0.5) is 0 Å². The zero-order chi connectivity index (χ0) is 16.4. The maximum absolute atomic E-state index is 13.0. The number of hydrogen-bond donors (Lipinski definition) is 0. The molecule has 2 fully saturated rings. The van der Waals surface area contributed by atoms with Crippen molar-refractivity contribution >= 4 is 21.6 Å². The Morgan fingerprint density at radius 3 is 2.65 bits per heavy atom. The van der Waals surface area contributed by atoms with E-state index in [1.807, 2.05) is 0 Å². The van der Waals surface area contributed by atoms with Crippen molar-refractivity contribution < 1.29 is 13.2 Å². The molecule has 6 heteroatoms. The maximum atomic E-state index is 13.0. The topological polar surface area (TPSA) is 46.6 Å². The second-order valence-electron chi connectivity index (χ2n) is 6.53. The van der Waals surface area contributed by atoms with Gasteiger partial charge in [-0.1, -0.05) is 43.5 Å². The summed E-state index contributed by atoms with van der Waals surface area (Å²) in [5.41, 5.74) is 0. The highest BCUT2D eigenvalue weighted by Gasteiger charge is 2.42. The quantitative estimate of drug-likeness (QED) is 0.779. The number of halogens is 1. The number of morpholine rings is 1. The summed E-state index contributed by atoms with van der Waals surface area (Å²) in [6.45, 7) is 3.01. The number of nitrogens with zero attached hydrogens (tertiary/aromatic N) is 1. The minimum Gasteiger partial charge on any atom is -0.372 e. The summed E-state index contributed by atoms with van der Waals surface area (Å²) in [5, 5.41) is 0.284. The van der Waals surface area contributed by atoms with E-state index in [0.29, 0.717) is 19.0 Å². The van der Waals surface area contributed by atoms with Crippen LogP contribution in [0, 0.1) is 5.92 Å². The van der Waals surface area contributed by atoms with Gasteiger partial charge in [-0.25, -0.2) is 8.42 Å². The highest BCUT2D eigenvalue weighted by atomic mass is 35.5. The van der Waals surface area contributed by atoms with Crippen LogP contribution in [0.2, 0.25) is 5.02 Å². The second kappa shape index (κ2) is 7.09. The molecule has 0 N–H and O–H groups in total. The van der Waals surface area contributed by atoms with Crippen molar-refractivity contribution in [2.75, 3.05) is 13.1 Å². The lowest BCUT2D eigenvalue weighted by Crippen LogP contribution is -2.50. The van der Waals surface area contributed by atoms with Gasteiger partial charge in [0.1, 0.15) is 4.90 Å². The van der Waals surface area contributed by atoms with Gasteiger partial charge in [0.05, 0.1) is 17.2 Å². The van der Waals surface area contributed by atoms with Gasteiger partial charge in [-0.15, -0.1) is 0 Å². The largest absolute Gasteiger partial charge is 0.372 e. The molecule has 128 valence electrons. The lowest BCUT2D eigenvalue weighted by atomic mass is 10.1. The predicted octanol–water partition coefficient (Wildman–Crippen LogP) is 3.70.